The van der Waals surface area contributed by atoms with E-state index in [1.54, 1.807) is 18.4 Å². The summed E-state index contributed by atoms with van der Waals surface area (Å²) in [4.78, 5) is 12.4. The van der Waals surface area contributed by atoms with E-state index in [0.29, 0.717) is 18.7 Å². The largest absolute Gasteiger partial charge is 0.497 e. The average molecular weight is 449 g/mol. The van der Waals surface area contributed by atoms with Crippen molar-refractivity contribution in [2.24, 2.45) is 0 Å². The number of anilines is 1. The number of furan rings is 1. The summed E-state index contributed by atoms with van der Waals surface area (Å²) in [6.07, 6.45) is 3.04. The van der Waals surface area contributed by atoms with E-state index >= 15 is 0 Å². The molecule has 0 saturated heterocycles. The monoisotopic (exact) mass is 448 g/mol. The molecule has 2 N–H and O–H groups in total. The first-order valence-electron chi connectivity index (χ1n) is 9.16. The summed E-state index contributed by atoms with van der Waals surface area (Å²) in [5.41, 5.74) is 0.521. The third kappa shape index (κ3) is 5.55. The molecule has 3 rings (SSSR count). The molecule has 3 aromatic rings. The number of hydrogen-bond acceptors (Lipinski definition) is 5. The Morgan fingerprint density at radius 2 is 1.90 bits per heavy atom. The molecule has 0 aliphatic carbocycles. The zero-order valence-corrected chi connectivity index (χ0v) is 17.8. The number of benzene rings is 2. The fourth-order valence-electron chi connectivity index (χ4n) is 2.75. The molecule has 1 amide bonds. The summed E-state index contributed by atoms with van der Waals surface area (Å²) in [5.74, 6) is 1.08. The highest BCUT2D eigenvalue weighted by molar-refractivity contribution is 7.92. The number of sulfonamides is 1. The van der Waals surface area contributed by atoms with Gasteiger partial charge in [0.2, 0.25) is 0 Å². The van der Waals surface area contributed by atoms with Gasteiger partial charge >= 0.3 is 0 Å². The van der Waals surface area contributed by atoms with Gasteiger partial charge in [0.25, 0.3) is 15.9 Å². The molecule has 0 unspecified atom stereocenters. The molecular formula is C21H21ClN2O5S. The number of ether oxygens (including phenoxy) is 1. The summed E-state index contributed by atoms with van der Waals surface area (Å²) < 4.78 is 37.8. The molecule has 9 heteroatoms. The predicted molar refractivity (Wildman–Crippen MR) is 115 cm³/mol. The minimum Gasteiger partial charge on any atom is -0.497 e. The lowest BCUT2D eigenvalue weighted by atomic mass is 10.2. The van der Waals surface area contributed by atoms with Gasteiger partial charge in [-0.05, 0) is 61.0 Å². The quantitative estimate of drug-likeness (QED) is 0.480. The maximum Gasteiger partial charge on any atom is 0.261 e. The smallest absolute Gasteiger partial charge is 0.261 e. The van der Waals surface area contributed by atoms with Crippen LogP contribution in [0.5, 0.6) is 5.75 Å². The van der Waals surface area contributed by atoms with Gasteiger partial charge in [0, 0.05) is 13.0 Å². The van der Waals surface area contributed by atoms with Gasteiger partial charge in [-0.25, -0.2) is 8.42 Å². The van der Waals surface area contributed by atoms with Crippen molar-refractivity contribution in [3.63, 3.8) is 0 Å². The molecule has 1 heterocycles. The van der Waals surface area contributed by atoms with Crippen LogP contribution in [0.15, 0.2) is 70.2 Å². The van der Waals surface area contributed by atoms with Gasteiger partial charge in [-0.1, -0.05) is 11.6 Å². The van der Waals surface area contributed by atoms with Crippen LogP contribution in [0, 0.1) is 0 Å². The Balaban J connectivity index is 1.60. The van der Waals surface area contributed by atoms with Crippen LogP contribution in [0.4, 0.5) is 5.69 Å². The molecule has 0 spiro atoms. The van der Waals surface area contributed by atoms with Crippen molar-refractivity contribution in [1.29, 1.82) is 0 Å². The minimum absolute atomic E-state index is 0.0813. The standard InChI is InChI=1S/C21H21ClN2O5S/c1-28-16-7-9-18(10-8-16)30(26,27)24-15-6-11-19(20(22)14-15)21(25)23-12-2-4-17-5-3-13-29-17/h3,5-11,13-14,24H,2,4,12H2,1H3,(H,23,25). The van der Waals surface area contributed by atoms with E-state index in [-0.39, 0.29) is 27.1 Å². The van der Waals surface area contributed by atoms with E-state index in [2.05, 4.69) is 10.0 Å². The van der Waals surface area contributed by atoms with Crippen molar-refractivity contribution in [2.75, 3.05) is 18.4 Å². The molecule has 0 aliphatic rings. The molecule has 2 aromatic carbocycles. The number of carbonyl (C=O) groups is 1. The van der Waals surface area contributed by atoms with Gasteiger partial charge in [-0.15, -0.1) is 0 Å². The second-order valence-electron chi connectivity index (χ2n) is 6.41. The molecule has 0 atom stereocenters. The SMILES string of the molecule is COc1ccc(S(=O)(=O)Nc2ccc(C(=O)NCCCc3ccco3)c(Cl)c2)cc1. The Hall–Kier alpha value is -2.97. The highest BCUT2D eigenvalue weighted by Gasteiger charge is 2.16. The molecule has 0 bridgehead atoms. The normalized spacial score (nSPS) is 11.1. The first-order chi connectivity index (χ1) is 14.4. The number of carbonyl (C=O) groups excluding carboxylic acids is 1. The number of halogens is 1. The van der Waals surface area contributed by atoms with E-state index in [1.807, 2.05) is 12.1 Å². The first kappa shape index (κ1) is 21.7. The van der Waals surface area contributed by atoms with Crippen molar-refractivity contribution in [3.8, 4) is 5.75 Å². The zero-order chi connectivity index (χ0) is 21.6. The second-order valence-corrected chi connectivity index (χ2v) is 8.50. The van der Waals surface area contributed by atoms with E-state index in [1.165, 1.54) is 37.4 Å². The molecule has 1 aromatic heterocycles. The van der Waals surface area contributed by atoms with Crippen molar-refractivity contribution < 1.29 is 22.4 Å². The summed E-state index contributed by atoms with van der Waals surface area (Å²) in [5, 5.41) is 2.94. The lowest BCUT2D eigenvalue weighted by Gasteiger charge is -2.11. The number of hydrogen-bond donors (Lipinski definition) is 2. The summed E-state index contributed by atoms with van der Waals surface area (Å²) >= 11 is 6.21. The van der Waals surface area contributed by atoms with Crippen LogP contribution < -0.4 is 14.8 Å². The molecule has 30 heavy (non-hydrogen) atoms. The van der Waals surface area contributed by atoms with Crippen molar-refractivity contribution >= 4 is 33.2 Å². The van der Waals surface area contributed by atoms with Gasteiger partial charge in [0.15, 0.2) is 0 Å². The molecule has 158 valence electrons. The van der Waals surface area contributed by atoms with E-state index < -0.39 is 10.0 Å². The van der Waals surface area contributed by atoms with Gasteiger partial charge in [-0.3, -0.25) is 9.52 Å². The van der Waals surface area contributed by atoms with Crippen molar-refractivity contribution in [1.82, 2.24) is 5.32 Å². The average Bonchev–Trinajstić information content (AvgIpc) is 3.24. The molecule has 0 radical (unpaired) electrons. The highest BCUT2D eigenvalue weighted by Crippen LogP contribution is 2.24. The minimum atomic E-state index is -3.80. The zero-order valence-electron chi connectivity index (χ0n) is 16.2. The summed E-state index contributed by atoms with van der Waals surface area (Å²) in [7, 11) is -2.30. The van der Waals surface area contributed by atoms with Crippen molar-refractivity contribution in [2.45, 2.75) is 17.7 Å². The van der Waals surface area contributed by atoms with Gasteiger partial charge in [0.05, 0.1) is 34.5 Å². The molecule has 0 aliphatic heterocycles. The maximum atomic E-state index is 12.5. The Bertz CT molecular complexity index is 1100. The Morgan fingerprint density at radius 3 is 2.53 bits per heavy atom. The molecular weight excluding hydrogens is 428 g/mol. The lowest BCUT2D eigenvalue weighted by molar-refractivity contribution is 0.0953. The summed E-state index contributed by atoms with van der Waals surface area (Å²) in [6.45, 7) is 0.460. The van der Waals surface area contributed by atoms with Gasteiger partial charge in [0.1, 0.15) is 11.5 Å². The van der Waals surface area contributed by atoms with E-state index in [9.17, 15) is 13.2 Å². The Morgan fingerprint density at radius 1 is 1.13 bits per heavy atom. The van der Waals surface area contributed by atoms with Crippen LogP contribution >= 0.6 is 11.6 Å². The topological polar surface area (TPSA) is 97.6 Å². The molecule has 7 nitrogen and oxygen atoms in total. The number of amides is 1. The fraction of sp³-hybridized carbons (Fsp3) is 0.190. The highest BCUT2D eigenvalue weighted by atomic mass is 35.5. The van der Waals surface area contributed by atoms with E-state index in [4.69, 9.17) is 20.8 Å². The number of methoxy groups -OCH3 is 1. The van der Waals surface area contributed by atoms with Crippen LogP contribution in [-0.4, -0.2) is 28.0 Å². The third-order valence-electron chi connectivity index (χ3n) is 4.30. The Labute approximate surface area is 180 Å². The number of nitrogens with one attached hydrogen (secondary N) is 2. The van der Waals surface area contributed by atoms with E-state index in [0.717, 1.165) is 12.2 Å². The summed E-state index contributed by atoms with van der Waals surface area (Å²) in [6, 6.07) is 14.1. The second kappa shape index (κ2) is 9.69. The van der Waals surface area contributed by atoms with Crippen LogP contribution in [0.2, 0.25) is 5.02 Å². The maximum absolute atomic E-state index is 12.5. The third-order valence-corrected chi connectivity index (χ3v) is 6.01. The van der Waals surface area contributed by atoms with Crippen molar-refractivity contribution in [3.05, 3.63) is 77.2 Å². The first-order valence-corrected chi connectivity index (χ1v) is 11.0. The van der Waals surface area contributed by atoms with Crippen LogP contribution in [0.1, 0.15) is 22.5 Å². The number of aryl methyl sites for hydroxylation is 1. The Kier molecular flexibility index (Phi) is 7.02. The number of rotatable bonds is 9. The van der Waals surface area contributed by atoms with Gasteiger partial charge < -0.3 is 14.5 Å². The van der Waals surface area contributed by atoms with Crippen LogP contribution in [-0.2, 0) is 16.4 Å². The molecule has 0 saturated carbocycles. The van der Waals surface area contributed by atoms with Crippen LogP contribution in [0.3, 0.4) is 0 Å². The molecule has 0 fully saturated rings. The fourth-order valence-corrected chi connectivity index (χ4v) is 4.06. The van der Waals surface area contributed by atoms with Gasteiger partial charge in [-0.2, -0.15) is 0 Å². The van der Waals surface area contributed by atoms with Crippen LogP contribution in [0.25, 0.3) is 0 Å². The lowest BCUT2D eigenvalue weighted by Crippen LogP contribution is -2.25. The predicted octanol–water partition coefficient (Wildman–Crippen LogP) is 4.11.